The molecule has 1 aliphatic heterocycles. The maximum absolute atomic E-state index is 11.5. The molecule has 1 N–H and O–H groups in total. The van der Waals surface area contributed by atoms with Crippen LogP contribution < -0.4 is 5.32 Å². The van der Waals surface area contributed by atoms with Crippen molar-refractivity contribution in [2.24, 2.45) is 0 Å². The molecule has 1 aromatic rings. The number of hydrogen-bond donors (Lipinski definition) is 1. The monoisotopic (exact) mass is 271 g/mol. The quantitative estimate of drug-likeness (QED) is 0.649. The van der Waals surface area contributed by atoms with Gasteiger partial charge in [0.05, 0.1) is 22.5 Å². The molecule has 1 saturated heterocycles. The summed E-state index contributed by atoms with van der Waals surface area (Å²) in [5.41, 5.74) is -0.0637. The maximum atomic E-state index is 11.5. The summed E-state index contributed by atoms with van der Waals surface area (Å²) in [4.78, 5) is 14.0. The molecule has 0 amide bonds. The number of hydrogen-bond acceptors (Lipinski definition) is 6. The van der Waals surface area contributed by atoms with Gasteiger partial charge in [-0.05, 0) is 12.8 Å². The zero-order chi connectivity index (χ0) is 13.2. The maximum Gasteiger partial charge on any atom is 0.274 e. The minimum atomic E-state index is -3.00. The summed E-state index contributed by atoms with van der Waals surface area (Å²) in [6.07, 6.45) is 2.66. The average Bonchev–Trinajstić information content (AvgIpc) is 2.28. The second-order valence-electron chi connectivity index (χ2n) is 4.25. The van der Waals surface area contributed by atoms with Crippen molar-refractivity contribution in [1.82, 2.24) is 4.98 Å². The van der Waals surface area contributed by atoms with Gasteiger partial charge in [0, 0.05) is 18.3 Å². The van der Waals surface area contributed by atoms with E-state index in [9.17, 15) is 18.5 Å². The summed E-state index contributed by atoms with van der Waals surface area (Å²) in [5, 5.41) is 13.5. The lowest BCUT2D eigenvalue weighted by Crippen LogP contribution is -2.35. The molecular weight excluding hydrogens is 258 g/mol. The highest BCUT2D eigenvalue weighted by molar-refractivity contribution is 7.91. The molecule has 1 unspecified atom stereocenters. The Bertz CT molecular complexity index is 558. The minimum absolute atomic E-state index is 0.0529. The van der Waals surface area contributed by atoms with Crippen molar-refractivity contribution in [3.63, 3.8) is 0 Å². The van der Waals surface area contributed by atoms with Crippen LogP contribution in [-0.2, 0) is 9.84 Å². The summed E-state index contributed by atoms with van der Waals surface area (Å²) in [6, 6.07) is 2.38. The Hall–Kier alpha value is -1.70. The van der Waals surface area contributed by atoms with Crippen LogP contribution >= 0.6 is 0 Å². The van der Waals surface area contributed by atoms with Gasteiger partial charge >= 0.3 is 0 Å². The van der Waals surface area contributed by atoms with E-state index in [4.69, 9.17) is 0 Å². The molecule has 1 fully saturated rings. The Balaban J connectivity index is 2.09. The van der Waals surface area contributed by atoms with Gasteiger partial charge in [-0.15, -0.1) is 0 Å². The topological polar surface area (TPSA) is 102 Å². The number of pyridine rings is 1. The van der Waals surface area contributed by atoms with Crippen molar-refractivity contribution in [3.05, 3.63) is 28.4 Å². The number of aromatic nitrogens is 1. The first-order chi connectivity index (χ1) is 8.46. The summed E-state index contributed by atoms with van der Waals surface area (Å²) >= 11 is 0. The van der Waals surface area contributed by atoms with Crippen molar-refractivity contribution < 1.29 is 13.3 Å². The van der Waals surface area contributed by atoms with Crippen LogP contribution in [0, 0.1) is 10.1 Å². The van der Waals surface area contributed by atoms with Gasteiger partial charge in [-0.2, -0.15) is 0 Å². The number of nitro groups is 1. The number of nitrogens with zero attached hydrogens (tertiary/aromatic N) is 2. The molecule has 2 heterocycles. The fourth-order valence-corrected chi connectivity index (χ4v) is 3.59. The minimum Gasteiger partial charge on any atom is -0.366 e. The van der Waals surface area contributed by atoms with E-state index in [1.807, 2.05) is 0 Å². The Morgan fingerprint density at radius 2 is 2.28 bits per heavy atom. The lowest BCUT2D eigenvalue weighted by atomic mass is 10.2. The molecule has 1 atom stereocenters. The molecule has 1 aliphatic rings. The molecule has 0 bridgehead atoms. The van der Waals surface area contributed by atoms with E-state index < -0.39 is 14.8 Å². The Morgan fingerprint density at radius 3 is 2.94 bits per heavy atom. The molecular formula is C10H13N3O4S. The van der Waals surface area contributed by atoms with E-state index in [2.05, 4.69) is 10.3 Å². The summed E-state index contributed by atoms with van der Waals surface area (Å²) in [7, 11) is -3.00. The lowest BCUT2D eigenvalue weighted by Gasteiger charge is -2.23. The number of nitrogens with one attached hydrogen (secondary N) is 1. The molecule has 0 spiro atoms. The fraction of sp³-hybridized carbons (Fsp3) is 0.500. The van der Waals surface area contributed by atoms with Crippen molar-refractivity contribution in [2.75, 3.05) is 16.8 Å². The van der Waals surface area contributed by atoms with E-state index >= 15 is 0 Å². The summed E-state index contributed by atoms with van der Waals surface area (Å²) < 4.78 is 22.9. The summed E-state index contributed by atoms with van der Waals surface area (Å²) in [5.74, 6) is 0.608. The van der Waals surface area contributed by atoms with E-state index in [0.29, 0.717) is 12.2 Å². The fourth-order valence-electron chi connectivity index (χ4n) is 1.96. The predicted octanol–water partition coefficient (Wildman–Crippen LogP) is 0.979. The normalized spacial score (nSPS) is 22.3. The molecule has 0 aromatic carbocycles. The van der Waals surface area contributed by atoms with Gasteiger partial charge < -0.3 is 5.32 Å². The SMILES string of the molecule is O=[N+]([O-])c1ccnc(NC2CCCS(=O)(=O)C2)c1. The van der Waals surface area contributed by atoms with Crippen LogP contribution in [0.2, 0.25) is 0 Å². The first kappa shape index (κ1) is 12.7. The molecule has 0 aliphatic carbocycles. The highest BCUT2D eigenvalue weighted by Gasteiger charge is 2.25. The van der Waals surface area contributed by atoms with Gasteiger partial charge in [-0.3, -0.25) is 10.1 Å². The Morgan fingerprint density at radius 1 is 1.50 bits per heavy atom. The van der Waals surface area contributed by atoms with E-state index in [1.54, 1.807) is 0 Å². The van der Waals surface area contributed by atoms with Crippen LogP contribution in [0.5, 0.6) is 0 Å². The smallest absolute Gasteiger partial charge is 0.274 e. The van der Waals surface area contributed by atoms with Gasteiger partial charge in [0.1, 0.15) is 5.82 Å². The second kappa shape index (κ2) is 4.89. The van der Waals surface area contributed by atoms with E-state index in [0.717, 1.165) is 6.42 Å². The van der Waals surface area contributed by atoms with Crippen LogP contribution in [0.25, 0.3) is 0 Å². The summed E-state index contributed by atoms with van der Waals surface area (Å²) in [6.45, 7) is 0. The van der Waals surface area contributed by atoms with Crippen molar-refractivity contribution in [2.45, 2.75) is 18.9 Å². The van der Waals surface area contributed by atoms with Crippen molar-refractivity contribution in [1.29, 1.82) is 0 Å². The van der Waals surface area contributed by atoms with Crippen LogP contribution in [0.15, 0.2) is 18.3 Å². The third kappa shape index (κ3) is 3.16. The molecule has 8 heteroatoms. The third-order valence-corrected chi connectivity index (χ3v) is 4.59. The van der Waals surface area contributed by atoms with Gasteiger partial charge in [0.15, 0.2) is 9.84 Å². The molecule has 7 nitrogen and oxygen atoms in total. The predicted molar refractivity (Wildman–Crippen MR) is 66.2 cm³/mol. The number of sulfone groups is 1. The largest absolute Gasteiger partial charge is 0.366 e. The molecule has 18 heavy (non-hydrogen) atoms. The van der Waals surface area contributed by atoms with Crippen molar-refractivity contribution >= 4 is 21.3 Å². The van der Waals surface area contributed by atoms with Crippen LogP contribution in [0.4, 0.5) is 11.5 Å². The van der Waals surface area contributed by atoms with Crippen LogP contribution in [0.3, 0.4) is 0 Å². The highest BCUT2D eigenvalue weighted by Crippen LogP contribution is 2.19. The van der Waals surface area contributed by atoms with E-state index in [-0.39, 0.29) is 23.2 Å². The Labute approximate surface area is 104 Å². The van der Waals surface area contributed by atoms with Gasteiger partial charge in [0.2, 0.25) is 0 Å². The Kier molecular flexibility index (Phi) is 3.46. The number of anilines is 1. The lowest BCUT2D eigenvalue weighted by molar-refractivity contribution is -0.384. The van der Waals surface area contributed by atoms with Crippen molar-refractivity contribution in [3.8, 4) is 0 Å². The highest BCUT2D eigenvalue weighted by atomic mass is 32.2. The van der Waals surface area contributed by atoms with Gasteiger partial charge in [0.25, 0.3) is 5.69 Å². The first-order valence-corrected chi connectivity index (χ1v) is 7.36. The number of rotatable bonds is 3. The van der Waals surface area contributed by atoms with Crippen LogP contribution in [-0.4, -0.2) is 35.9 Å². The molecule has 98 valence electrons. The third-order valence-electron chi connectivity index (χ3n) is 2.77. The zero-order valence-electron chi connectivity index (χ0n) is 9.57. The van der Waals surface area contributed by atoms with Gasteiger partial charge in [-0.1, -0.05) is 0 Å². The van der Waals surface area contributed by atoms with E-state index in [1.165, 1.54) is 18.3 Å². The van der Waals surface area contributed by atoms with Crippen LogP contribution in [0.1, 0.15) is 12.8 Å². The standard InChI is InChI=1S/C10H13N3O4S/c14-13(15)9-3-4-11-10(6-9)12-8-2-1-5-18(16,17)7-8/h3-4,6,8H,1-2,5,7H2,(H,11,12). The molecule has 2 rings (SSSR count). The first-order valence-electron chi connectivity index (χ1n) is 5.54. The van der Waals surface area contributed by atoms with Gasteiger partial charge in [-0.25, -0.2) is 13.4 Å². The zero-order valence-corrected chi connectivity index (χ0v) is 10.4. The average molecular weight is 271 g/mol. The molecule has 1 aromatic heterocycles. The molecule has 0 radical (unpaired) electrons. The second-order valence-corrected chi connectivity index (χ2v) is 6.48. The molecule has 0 saturated carbocycles.